The van der Waals surface area contributed by atoms with Crippen LogP contribution in [0.4, 0.5) is 20.6 Å². The number of ether oxygens (including phenoxy) is 2. The van der Waals surface area contributed by atoms with E-state index in [1.165, 1.54) is 12.1 Å². The van der Waals surface area contributed by atoms with Crippen LogP contribution in [0.3, 0.4) is 0 Å². The van der Waals surface area contributed by atoms with Crippen molar-refractivity contribution in [3.8, 4) is 11.5 Å². The van der Waals surface area contributed by atoms with Crippen molar-refractivity contribution in [3.05, 3.63) is 84.2 Å². The molecule has 6 heteroatoms. The van der Waals surface area contributed by atoms with E-state index in [-0.39, 0.29) is 11.8 Å². The molecule has 0 aliphatic carbocycles. The van der Waals surface area contributed by atoms with E-state index in [2.05, 4.69) is 10.6 Å². The van der Waals surface area contributed by atoms with E-state index < -0.39 is 0 Å². The number of hydrogen-bond acceptors (Lipinski definition) is 3. The Bertz CT molecular complexity index is 879. The number of amides is 2. The predicted molar refractivity (Wildman–Crippen MR) is 103 cm³/mol. The lowest BCUT2D eigenvalue weighted by Crippen LogP contribution is -2.19. The number of carbonyl (C=O) groups excluding carboxylic acids is 1. The van der Waals surface area contributed by atoms with Crippen LogP contribution in [0.15, 0.2) is 72.8 Å². The van der Waals surface area contributed by atoms with Gasteiger partial charge in [-0.1, -0.05) is 12.1 Å². The highest BCUT2D eigenvalue weighted by molar-refractivity contribution is 5.99. The van der Waals surface area contributed by atoms with Gasteiger partial charge in [-0.25, -0.2) is 9.18 Å². The van der Waals surface area contributed by atoms with Crippen LogP contribution in [0.1, 0.15) is 5.56 Å². The summed E-state index contributed by atoms with van der Waals surface area (Å²) in [5.74, 6) is 1.10. The molecule has 5 nitrogen and oxygen atoms in total. The summed E-state index contributed by atoms with van der Waals surface area (Å²) in [4.78, 5) is 12.0. The van der Waals surface area contributed by atoms with Gasteiger partial charge in [-0.3, -0.25) is 0 Å². The standard InChI is InChI=1S/C21H19FN2O3/c1-26-19-10-6-17(7-11-19)23-21(25)24-18-8-12-20(13-9-18)27-14-15-2-4-16(22)5-3-15/h2-13H,14H2,1H3,(H2,23,24,25). The van der Waals surface area contributed by atoms with E-state index in [0.717, 1.165) is 11.3 Å². The Hall–Kier alpha value is -3.54. The number of benzene rings is 3. The molecule has 0 unspecified atom stereocenters. The lowest BCUT2D eigenvalue weighted by molar-refractivity contribution is 0.262. The lowest BCUT2D eigenvalue weighted by atomic mass is 10.2. The first kappa shape index (κ1) is 18.3. The topological polar surface area (TPSA) is 59.6 Å². The summed E-state index contributed by atoms with van der Waals surface area (Å²) in [6.07, 6.45) is 0. The fourth-order valence-electron chi connectivity index (χ4n) is 2.35. The molecule has 0 atom stereocenters. The quantitative estimate of drug-likeness (QED) is 0.641. The van der Waals surface area contributed by atoms with Crippen LogP contribution < -0.4 is 20.1 Å². The third-order valence-electron chi connectivity index (χ3n) is 3.78. The van der Waals surface area contributed by atoms with E-state index in [1.54, 1.807) is 67.8 Å². The second-order valence-electron chi connectivity index (χ2n) is 5.75. The molecule has 3 aromatic carbocycles. The van der Waals surface area contributed by atoms with Crippen molar-refractivity contribution in [3.63, 3.8) is 0 Å². The van der Waals surface area contributed by atoms with E-state index in [4.69, 9.17) is 9.47 Å². The zero-order chi connectivity index (χ0) is 19.1. The first-order chi connectivity index (χ1) is 13.1. The van der Waals surface area contributed by atoms with Gasteiger partial charge in [0.25, 0.3) is 0 Å². The third kappa shape index (κ3) is 5.47. The smallest absolute Gasteiger partial charge is 0.323 e. The second kappa shape index (κ2) is 8.71. The van der Waals surface area contributed by atoms with Gasteiger partial charge in [-0.2, -0.15) is 0 Å². The molecule has 0 aliphatic heterocycles. The minimum atomic E-state index is -0.347. The molecule has 3 aromatic rings. The molecule has 0 heterocycles. The van der Waals surface area contributed by atoms with E-state index in [1.807, 2.05) is 0 Å². The molecule has 2 amide bonds. The summed E-state index contributed by atoms with van der Waals surface area (Å²) < 4.78 is 23.6. The van der Waals surface area contributed by atoms with Gasteiger partial charge in [-0.15, -0.1) is 0 Å². The van der Waals surface area contributed by atoms with Crippen LogP contribution in [-0.4, -0.2) is 13.1 Å². The fourth-order valence-corrected chi connectivity index (χ4v) is 2.35. The monoisotopic (exact) mass is 366 g/mol. The van der Waals surface area contributed by atoms with Gasteiger partial charge in [-0.05, 0) is 66.2 Å². The summed E-state index contributed by atoms with van der Waals surface area (Å²) in [6, 6.07) is 19.8. The van der Waals surface area contributed by atoms with Crippen molar-refractivity contribution in [2.24, 2.45) is 0 Å². The van der Waals surface area contributed by atoms with Crippen molar-refractivity contribution in [1.29, 1.82) is 0 Å². The Balaban J connectivity index is 1.50. The number of halogens is 1. The SMILES string of the molecule is COc1ccc(NC(=O)Nc2ccc(OCc3ccc(F)cc3)cc2)cc1. The Morgan fingerprint density at radius 1 is 0.815 bits per heavy atom. The molecule has 0 radical (unpaired) electrons. The molecule has 2 N–H and O–H groups in total. The predicted octanol–water partition coefficient (Wildman–Crippen LogP) is 5.06. The number of rotatable bonds is 6. The fraction of sp³-hybridized carbons (Fsp3) is 0.0952. The molecule has 0 spiro atoms. The van der Waals surface area contributed by atoms with Gasteiger partial charge in [0.2, 0.25) is 0 Å². The van der Waals surface area contributed by atoms with Crippen molar-refractivity contribution in [2.45, 2.75) is 6.61 Å². The number of methoxy groups -OCH3 is 1. The van der Waals surface area contributed by atoms with Crippen molar-refractivity contribution in [2.75, 3.05) is 17.7 Å². The number of carbonyl (C=O) groups is 1. The Labute approximate surface area is 156 Å². The molecular formula is C21H19FN2O3. The maximum Gasteiger partial charge on any atom is 0.323 e. The number of anilines is 2. The van der Waals surface area contributed by atoms with Crippen LogP contribution in [-0.2, 0) is 6.61 Å². The zero-order valence-electron chi connectivity index (χ0n) is 14.7. The van der Waals surface area contributed by atoms with Crippen LogP contribution in [0.2, 0.25) is 0 Å². The summed E-state index contributed by atoms with van der Waals surface area (Å²) >= 11 is 0. The van der Waals surface area contributed by atoms with E-state index >= 15 is 0 Å². The summed E-state index contributed by atoms with van der Waals surface area (Å²) in [6.45, 7) is 0.338. The molecule has 0 bridgehead atoms. The highest BCUT2D eigenvalue weighted by Gasteiger charge is 2.04. The average Bonchev–Trinajstić information content (AvgIpc) is 2.69. The first-order valence-corrected chi connectivity index (χ1v) is 8.32. The van der Waals surface area contributed by atoms with Crippen LogP contribution in [0.5, 0.6) is 11.5 Å². The second-order valence-corrected chi connectivity index (χ2v) is 5.75. The molecular weight excluding hydrogens is 347 g/mol. The maximum atomic E-state index is 12.9. The van der Waals surface area contributed by atoms with Crippen LogP contribution in [0, 0.1) is 5.82 Å². The molecule has 0 fully saturated rings. The minimum absolute atomic E-state index is 0.276. The van der Waals surface area contributed by atoms with Gasteiger partial charge in [0.05, 0.1) is 7.11 Å². The first-order valence-electron chi connectivity index (χ1n) is 8.32. The summed E-state index contributed by atoms with van der Waals surface area (Å²) in [5.41, 5.74) is 2.17. The number of urea groups is 1. The minimum Gasteiger partial charge on any atom is -0.497 e. The number of nitrogens with one attached hydrogen (secondary N) is 2. The van der Waals surface area contributed by atoms with Crippen LogP contribution >= 0.6 is 0 Å². The van der Waals surface area contributed by atoms with Crippen molar-refractivity contribution >= 4 is 17.4 Å². The summed E-state index contributed by atoms with van der Waals surface area (Å²) in [7, 11) is 1.59. The highest BCUT2D eigenvalue weighted by atomic mass is 19.1. The largest absolute Gasteiger partial charge is 0.497 e. The van der Waals surface area contributed by atoms with Gasteiger partial charge in [0, 0.05) is 11.4 Å². The Kier molecular flexibility index (Phi) is 5.89. The third-order valence-corrected chi connectivity index (χ3v) is 3.78. The van der Waals surface area contributed by atoms with E-state index in [0.29, 0.717) is 23.7 Å². The average molecular weight is 366 g/mol. The molecule has 138 valence electrons. The van der Waals surface area contributed by atoms with Gasteiger partial charge in [0.15, 0.2) is 0 Å². The van der Waals surface area contributed by atoms with Crippen LogP contribution in [0.25, 0.3) is 0 Å². The molecule has 0 saturated heterocycles. The van der Waals surface area contributed by atoms with Crippen molar-refractivity contribution < 1.29 is 18.7 Å². The van der Waals surface area contributed by atoms with Gasteiger partial charge < -0.3 is 20.1 Å². The molecule has 0 saturated carbocycles. The molecule has 0 aliphatic rings. The Morgan fingerprint density at radius 2 is 1.33 bits per heavy atom. The number of hydrogen-bond donors (Lipinski definition) is 2. The Morgan fingerprint density at radius 3 is 1.85 bits per heavy atom. The lowest BCUT2D eigenvalue weighted by Gasteiger charge is -2.10. The van der Waals surface area contributed by atoms with Crippen molar-refractivity contribution in [1.82, 2.24) is 0 Å². The maximum absolute atomic E-state index is 12.9. The highest BCUT2D eigenvalue weighted by Crippen LogP contribution is 2.18. The van der Waals surface area contributed by atoms with Gasteiger partial charge in [0.1, 0.15) is 23.9 Å². The molecule has 3 rings (SSSR count). The molecule has 27 heavy (non-hydrogen) atoms. The van der Waals surface area contributed by atoms with Gasteiger partial charge >= 0.3 is 6.03 Å². The molecule has 0 aromatic heterocycles. The summed E-state index contributed by atoms with van der Waals surface area (Å²) in [5, 5.41) is 5.49. The van der Waals surface area contributed by atoms with E-state index in [9.17, 15) is 9.18 Å². The normalized spacial score (nSPS) is 10.1. The zero-order valence-corrected chi connectivity index (χ0v) is 14.7.